The van der Waals surface area contributed by atoms with Crippen molar-refractivity contribution in [1.82, 2.24) is 0 Å². The fourth-order valence-corrected chi connectivity index (χ4v) is 5.64. The standard InChI is InChI=1S/C18H14Cl2O8/c19-8-6-17(7-4-2-1-3-5-7)9(13(21)22)11(15(25)26)18(8,20)12(16(27)28)10(17)14(23)24/h1-6,9-12H,(H,21,22)(H,23,24)(H,25,26)(H,27,28)/t9-,10-,11+,12+,17?,18?/m1/s1. The lowest BCUT2D eigenvalue weighted by atomic mass is 9.43. The first-order valence-corrected chi connectivity index (χ1v) is 8.81. The van der Waals surface area contributed by atoms with Crippen LogP contribution in [0.5, 0.6) is 0 Å². The number of aliphatic carboxylic acids is 4. The third-order valence-electron chi connectivity index (χ3n) is 5.67. The number of fused-ring (bicyclic) bond motifs is 2. The first-order chi connectivity index (χ1) is 13.0. The molecule has 4 rings (SSSR count). The highest BCUT2D eigenvalue weighted by Crippen LogP contribution is 2.66. The second-order valence-corrected chi connectivity index (χ2v) is 7.86. The zero-order valence-electron chi connectivity index (χ0n) is 14.0. The second kappa shape index (κ2) is 6.49. The Labute approximate surface area is 168 Å². The lowest BCUT2D eigenvalue weighted by Crippen LogP contribution is -2.72. The van der Waals surface area contributed by atoms with Crippen LogP contribution < -0.4 is 0 Å². The summed E-state index contributed by atoms with van der Waals surface area (Å²) in [4.78, 5) is 46.1. The highest BCUT2D eigenvalue weighted by Gasteiger charge is 2.76. The van der Waals surface area contributed by atoms with E-state index in [1.165, 1.54) is 24.3 Å². The van der Waals surface area contributed by atoms with E-state index in [1.54, 1.807) is 6.07 Å². The quantitative estimate of drug-likeness (QED) is 0.518. The van der Waals surface area contributed by atoms with Gasteiger partial charge in [0.2, 0.25) is 0 Å². The monoisotopic (exact) mass is 428 g/mol. The van der Waals surface area contributed by atoms with Crippen LogP contribution in [0.1, 0.15) is 5.56 Å². The molecule has 1 fully saturated rings. The first kappa shape index (κ1) is 20.2. The molecule has 3 aliphatic rings. The Morgan fingerprint density at radius 3 is 1.50 bits per heavy atom. The molecule has 0 spiro atoms. The zero-order valence-corrected chi connectivity index (χ0v) is 15.5. The zero-order chi connectivity index (χ0) is 21.0. The SMILES string of the molecule is O=C(O)[C@@H]1[C@H](C(=O)O)C2(c3ccccc3)C=C(Cl)C1(Cl)[C@H](C(=O)O)[C@@H]2C(=O)O. The van der Waals surface area contributed by atoms with Crippen molar-refractivity contribution in [1.29, 1.82) is 0 Å². The second-order valence-electron chi connectivity index (χ2n) is 6.82. The average Bonchev–Trinajstić information content (AvgIpc) is 2.61. The van der Waals surface area contributed by atoms with Crippen LogP contribution in [0.15, 0.2) is 41.4 Å². The summed E-state index contributed by atoms with van der Waals surface area (Å²) < 4.78 is 0. The maximum atomic E-state index is 12.2. The Balaban J connectivity index is 2.52. The normalized spacial score (nSPS) is 36.4. The van der Waals surface area contributed by atoms with Gasteiger partial charge in [0.1, 0.15) is 4.87 Å². The Bertz CT molecular complexity index is 869. The summed E-state index contributed by atoms with van der Waals surface area (Å²) in [6, 6.07) is 7.43. The molecular formula is C18H14Cl2O8. The van der Waals surface area contributed by atoms with E-state index in [2.05, 4.69) is 0 Å². The summed E-state index contributed by atoms with van der Waals surface area (Å²) >= 11 is 12.6. The Morgan fingerprint density at radius 2 is 1.14 bits per heavy atom. The van der Waals surface area contributed by atoms with Crippen molar-refractivity contribution in [2.24, 2.45) is 23.7 Å². The van der Waals surface area contributed by atoms with Crippen LogP contribution in [0.3, 0.4) is 0 Å². The molecule has 0 unspecified atom stereocenters. The summed E-state index contributed by atoms with van der Waals surface area (Å²) in [5.74, 6) is -14.2. The predicted molar refractivity (Wildman–Crippen MR) is 95.1 cm³/mol. The Hall–Kier alpha value is -2.58. The molecule has 1 aromatic rings. The van der Waals surface area contributed by atoms with E-state index in [4.69, 9.17) is 23.2 Å². The number of rotatable bonds is 5. The van der Waals surface area contributed by atoms with Crippen LogP contribution in [-0.2, 0) is 24.6 Å². The molecule has 0 radical (unpaired) electrons. The molecule has 0 aliphatic heterocycles. The number of hydrogen-bond donors (Lipinski definition) is 4. The van der Waals surface area contributed by atoms with Crippen LogP contribution in [0.4, 0.5) is 0 Å². The number of halogens is 2. The summed E-state index contributed by atoms with van der Waals surface area (Å²) in [7, 11) is 0. The van der Waals surface area contributed by atoms with Crippen molar-refractivity contribution in [2.75, 3.05) is 0 Å². The minimum Gasteiger partial charge on any atom is -0.481 e. The van der Waals surface area contributed by atoms with E-state index in [0.29, 0.717) is 0 Å². The van der Waals surface area contributed by atoms with Gasteiger partial charge in [0.05, 0.1) is 23.7 Å². The highest BCUT2D eigenvalue weighted by atomic mass is 35.5. The first-order valence-electron chi connectivity index (χ1n) is 8.05. The molecule has 0 amide bonds. The number of hydrogen-bond acceptors (Lipinski definition) is 4. The van der Waals surface area contributed by atoms with Crippen molar-refractivity contribution in [2.45, 2.75) is 10.3 Å². The number of allylic oxidation sites excluding steroid dienone is 2. The van der Waals surface area contributed by atoms with Crippen LogP contribution >= 0.6 is 23.2 Å². The molecule has 0 heterocycles. The summed E-state index contributed by atoms with van der Waals surface area (Å²) in [5.41, 5.74) is -1.90. The fraction of sp³-hybridized carbons (Fsp3) is 0.333. The van der Waals surface area contributed by atoms with Crippen LogP contribution in [0.25, 0.3) is 0 Å². The molecule has 1 aromatic carbocycles. The molecule has 4 atom stereocenters. The van der Waals surface area contributed by atoms with Crippen LogP contribution in [0.2, 0.25) is 0 Å². The van der Waals surface area contributed by atoms with Gasteiger partial charge in [-0.3, -0.25) is 19.2 Å². The topological polar surface area (TPSA) is 149 Å². The van der Waals surface area contributed by atoms with Crippen molar-refractivity contribution >= 4 is 47.1 Å². The van der Waals surface area contributed by atoms with E-state index in [9.17, 15) is 39.6 Å². The van der Waals surface area contributed by atoms with E-state index < -0.39 is 62.9 Å². The van der Waals surface area contributed by atoms with Crippen molar-refractivity contribution in [3.05, 3.63) is 47.0 Å². The minimum atomic E-state index is -2.43. The molecule has 28 heavy (non-hydrogen) atoms. The molecular weight excluding hydrogens is 415 g/mol. The Kier molecular flexibility index (Phi) is 4.68. The molecule has 10 heteroatoms. The lowest BCUT2D eigenvalue weighted by Gasteiger charge is -2.60. The van der Waals surface area contributed by atoms with Gasteiger partial charge in [-0.25, -0.2) is 0 Å². The minimum absolute atomic E-state index is 0.129. The third-order valence-corrected chi connectivity index (χ3v) is 6.86. The van der Waals surface area contributed by atoms with Crippen molar-refractivity contribution in [3.63, 3.8) is 0 Å². The van der Waals surface area contributed by atoms with Gasteiger partial charge in [-0.2, -0.15) is 0 Å². The van der Waals surface area contributed by atoms with Crippen molar-refractivity contribution < 1.29 is 39.6 Å². The molecule has 0 saturated heterocycles. The Morgan fingerprint density at radius 1 is 0.750 bits per heavy atom. The highest BCUT2D eigenvalue weighted by molar-refractivity contribution is 6.42. The third kappa shape index (κ3) is 2.37. The molecule has 4 N–H and O–H groups in total. The summed E-state index contributed by atoms with van der Waals surface area (Å²) in [6.45, 7) is 0. The van der Waals surface area contributed by atoms with E-state index >= 15 is 0 Å². The number of carbonyl (C=O) groups is 4. The fourth-order valence-electron chi connectivity index (χ4n) is 4.73. The van der Waals surface area contributed by atoms with Gasteiger partial charge in [-0.15, -0.1) is 11.6 Å². The maximum Gasteiger partial charge on any atom is 0.309 e. The maximum absolute atomic E-state index is 12.2. The van der Waals surface area contributed by atoms with Crippen LogP contribution in [0, 0.1) is 23.7 Å². The molecule has 148 valence electrons. The molecule has 2 bridgehead atoms. The van der Waals surface area contributed by atoms with Crippen molar-refractivity contribution in [3.8, 4) is 0 Å². The number of benzene rings is 1. The smallest absolute Gasteiger partial charge is 0.309 e. The summed E-state index contributed by atoms with van der Waals surface area (Å²) in [6.07, 6.45) is 1.10. The van der Waals surface area contributed by atoms with Gasteiger partial charge in [-0.1, -0.05) is 48.0 Å². The van der Waals surface area contributed by atoms with Crippen LogP contribution in [-0.4, -0.2) is 49.2 Å². The largest absolute Gasteiger partial charge is 0.481 e. The molecule has 8 nitrogen and oxygen atoms in total. The number of carboxylic acid groups (broad SMARTS) is 4. The van der Waals surface area contributed by atoms with Gasteiger partial charge >= 0.3 is 23.9 Å². The van der Waals surface area contributed by atoms with Gasteiger partial charge in [0.15, 0.2) is 0 Å². The summed E-state index contributed by atoms with van der Waals surface area (Å²) in [5, 5.41) is 38.9. The number of alkyl halides is 1. The van der Waals surface area contributed by atoms with E-state index in [-0.39, 0.29) is 5.56 Å². The molecule has 0 aromatic heterocycles. The van der Waals surface area contributed by atoms with E-state index in [0.717, 1.165) is 6.08 Å². The number of carboxylic acids is 4. The van der Waals surface area contributed by atoms with Gasteiger partial charge in [0, 0.05) is 10.4 Å². The predicted octanol–water partition coefficient (Wildman–Crippen LogP) is 1.86. The van der Waals surface area contributed by atoms with Gasteiger partial charge in [-0.05, 0) is 5.56 Å². The molecule has 3 aliphatic carbocycles. The van der Waals surface area contributed by atoms with Gasteiger partial charge in [0.25, 0.3) is 0 Å². The molecule has 1 saturated carbocycles. The average molecular weight is 429 g/mol. The van der Waals surface area contributed by atoms with E-state index in [1.807, 2.05) is 0 Å². The lowest BCUT2D eigenvalue weighted by molar-refractivity contribution is -0.179. The van der Waals surface area contributed by atoms with Gasteiger partial charge < -0.3 is 20.4 Å².